The van der Waals surface area contributed by atoms with Gasteiger partial charge in [-0.15, -0.1) is 17.7 Å². The average Bonchev–Trinajstić information content (AvgIpc) is 2.62. The molecule has 0 radical (unpaired) electrons. The fourth-order valence-corrected chi connectivity index (χ4v) is 3.86. The van der Waals surface area contributed by atoms with Crippen LogP contribution in [-0.4, -0.2) is 25.0 Å². The zero-order valence-corrected chi connectivity index (χ0v) is 15.7. The van der Waals surface area contributed by atoms with Crippen LogP contribution in [0.4, 0.5) is 0 Å². The standard InChI is InChI=1S/C22H27NS/c1-4-5-6-13-18-21(23(2)3)22(19-14-9-7-10-15-19)24-20-16-11-8-12-17-20/h7-12,14-17,21-22H,4-6H2,1-3H3. The summed E-state index contributed by atoms with van der Waals surface area (Å²) >= 11 is 1.90. The zero-order chi connectivity index (χ0) is 17.2. The lowest BCUT2D eigenvalue weighted by molar-refractivity contribution is 0.347. The van der Waals surface area contributed by atoms with Crippen LogP contribution in [0.1, 0.15) is 37.0 Å². The van der Waals surface area contributed by atoms with Gasteiger partial charge in [0.25, 0.3) is 0 Å². The highest BCUT2D eigenvalue weighted by molar-refractivity contribution is 7.99. The molecule has 2 heteroatoms. The number of hydrogen-bond donors (Lipinski definition) is 0. The van der Waals surface area contributed by atoms with Crippen LogP contribution in [-0.2, 0) is 0 Å². The number of benzene rings is 2. The lowest BCUT2D eigenvalue weighted by Crippen LogP contribution is -2.31. The van der Waals surface area contributed by atoms with Crippen LogP contribution in [0.25, 0.3) is 0 Å². The Bertz CT molecular complexity index is 640. The molecule has 2 aromatic rings. The fraction of sp³-hybridized carbons (Fsp3) is 0.364. The van der Waals surface area contributed by atoms with E-state index in [0.29, 0.717) is 0 Å². The van der Waals surface area contributed by atoms with Gasteiger partial charge in [0.2, 0.25) is 0 Å². The van der Waals surface area contributed by atoms with Crippen molar-refractivity contribution in [1.82, 2.24) is 4.90 Å². The van der Waals surface area contributed by atoms with Crippen molar-refractivity contribution in [3.05, 3.63) is 66.2 Å². The molecule has 24 heavy (non-hydrogen) atoms. The second-order valence-corrected chi connectivity index (χ2v) is 7.31. The SMILES string of the molecule is CCCCC#CC(C(Sc1ccccc1)c1ccccc1)N(C)C. The van der Waals surface area contributed by atoms with E-state index < -0.39 is 0 Å². The van der Waals surface area contributed by atoms with Crippen LogP contribution >= 0.6 is 11.8 Å². The van der Waals surface area contributed by atoms with E-state index in [0.717, 1.165) is 6.42 Å². The molecule has 0 bridgehead atoms. The molecule has 0 spiro atoms. The van der Waals surface area contributed by atoms with E-state index >= 15 is 0 Å². The molecule has 126 valence electrons. The molecule has 2 rings (SSSR count). The Morgan fingerprint density at radius 1 is 0.958 bits per heavy atom. The van der Waals surface area contributed by atoms with Crippen LogP contribution in [0.15, 0.2) is 65.6 Å². The summed E-state index contributed by atoms with van der Waals surface area (Å²) in [6.07, 6.45) is 3.36. The van der Waals surface area contributed by atoms with E-state index in [1.807, 2.05) is 11.8 Å². The lowest BCUT2D eigenvalue weighted by atomic mass is 10.0. The average molecular weight is 338 g/mol. The Hall–Kier alpha value is -1.69. The largest absolute Gasteiger partial charge is 0.295 e. The number of thioether (sulfide) groups is 1. The Balaban J connectivity index is 2.29. The van der Waals surface area contributed by atoms with Gasteiger partial charge in [-0.3, -0.25) is 4.90 Å². The molecular formula is C22H27NS. The van der Waals surface area contributed by atoms with E-state index in [1.165, 1.54) is 23.3 Å². The molecule has 0 aliphatic rings. The highest BCUT2D eigenvalue weighted by Gasteiger charge is 2.24. The van der Waals surface area contributed by atoms with Crippen molar-refractivity contribution in [3.63, 3.8) is 0 Å². The molecule has 0 heterocycles. The summed E-state index contributed by atoms with van der Waals surface area (Å²) in [5.74, 6) is 6.93. The summed E-state index contributed by atoms with van der Waals surface area (Å²) < 4.78 is 0. The summed E-state index contributed by atoms with van der Waals surface area (Å²) in [4.78, 5) is 3.53. The van der Waals surface area contributed by atoms with Gasteiger partial charge in [-0.05, 0) is 38.2 Å². The minimum absolute atomic E-state index is 0.189. The maximum absolute atomic E-state index is 3.53. The summed E-state index contributed by atoms with van der Waals surface area (Å²) in [7, 11) is 4.25. The monoisotopic (exact) mass is 337 g/mol. The van der Waals surface area contributed by atoms with Crippen LogP contribution < -0.4 is 0 Å². The minimum atomic E-state index is 0.189. The molecule has 0 N–H and O–H groups in total. The Morgan fingerprint density at radius 3 is 2.17 bits per heavy atom. The van der Waals surface area contributed by atoms with Gasteiger partial charge in [0.05, 0.1) is 11.3 Å². The number of unbranched alkanes of at least 4 members (excludes halogenated alkanes) is 2. The van der Waals surface area contributed by atoms with Gasteiger partial charge < -0.3 is 0 Å². The highest BCUT2D eigenvalue weighted by atomic mass is 32.2. The van der Waals surface area contributed by atoms with Gasteiger partial charge >= 0.3 is 0 Å². The second kappa shape index (κ2) is 10.2. The molecule has 0 aliphatic carbocycles. The highest BCUT2D eigenvalue weighted by Crippen LogP contribution is 2.38. The summed E-state index contributed by atoms with van der Waals surface area (Å²) in [5.41, 5.74) is 1.33. The van der Waals surface area contributed by atoms with E-state index in [1.54, 1.807) is 0 Å². The number of nitrogens with zero attached hydrogens (tertiary/aromatic N) is 1. The maximum atomic E-state index is 3.53. The predicted octanol–water partition coefficient (Wildman–Crippen LogP) is 5.64. The van der Waals surface area contributed by atoms with E-state index in [-0.39, 0.29) is 11.3 Å². The molecular weight excluding hydrogens is 310 g/mol. The molecule has 0 aromatic heterocycles. The quantitative estimate of drug-likeness (QED) is 0.365. The zero-order valence-electron chi connectivity index (χ0n) is 14.9. The molecule has 2 atom stereocenters. The van der Waals surface area contributed by atoms with Crippen LogP contribution in [0.5, 0.6) is 0 Å². The summed E-state index contributed by atoms with van der Waals surface area (Å²) in [6.45, 7) is 2.21. The summed E-state index contributed by atoms with van der Waals surface area (Å²) in [5, 5.41) is 0.290. The first kappa shape index (κ1) is 18.6. The van der Waals surface area contributed by atoms with Crippen molar-refractivity contribution in [3.8, 4) is 11.8 Å². The molecule has 0 saturated carbocycles. The number of rotatable bonds is 7. The van der Waals surface area contributed by atoms with Crippen LogP contribution in [0.3, 0.4) is 0 Å². The topological polar surface area (TPSA) is 3.24 Å². The van der Waals surface area contributed by atoms with Gasteiger partial charge in [0.1, 0.15) is 0 Å². The van der Waals surface area contributed by atoms with Gasteiger partial charge in [-0.25, -0.2) is 0 Å². The van der Waals surface area contributed by atoms with E-state index in [4.69, 9.17) is 0 Å². The predicted molar refractivity (Wildman–Crippen MR) is 106 cm³/mol. The van der Waals surface area contributed by atoms with Crippen molar-refractivity contribution in [2.75, 3.05) is 14.1 Å². The minimum Gasteiger partial charge on any atom is -0.295 e. The molecule has 2 aromatic carbocycles. The number of likely N-dealkylation sites (N-methyl/N-ethyl adjacent to an activating group) is 1. The van der Waals surface area contributed by atoms with Gasteiger partial charge in [0.15, 0.2) is 0 Å². The molecule has 1 nitrogen and oxygen atoms in total. The van der Waals surface area contributed by atoms with Crippen LogP contribution in [0, 0.1) is 11.8 Å². The molecule has 0 saturated heterocycles. The lowest BCUT2D eigenvalue weighted by Gasteiger charge is -2.28. The molecule has 2 unspecified atom stereocenters. The van der Waals surface area contributed by atoms with Gasteiger partial charge in [0, 0.05) is 11.3 Å². The molecule has 0 fully saturated rings. The number of hydrogen-bond acceptors (Lipinski definition) is 2. The van der Waals surface area contributed by atoms with Crippen LogP contribution in [0.2, 0.25) is 0 Å². The van der Waals surface area contributed by atoms with Gasteiger partial charge in [-0.1, -0.05) is 67.8 Å². The third kappa shape index (κ3) is 5.74. The van der Waals surface area contributed by atoms with Crippen molar-refractivity contribution >= 4 is 11.8 Å². The van der Waals surface area contributed by atoms with Crippen molar-refractivity contribution in [2.45, 2.75) is 42.4 Å². The van der Waals surface area contributed by atoms with Gasteiger partial charge in [-0.2, -0.15) is 0 Å². The molecule has 0 aliphatic heterocycles. The normalized spacial score (nSPS) is 13.2. The second-order valence-electron chi connectivity index (χ2n) is 6.10. The Morgan fingerprint density at radius 2 is 1.58 bits per heavy atom. The Kier molecular flexibility index (Phi) is 7.95. The van der Waals surface area contributed by atoms with Crippen molar-refractivity contribution < 1.29 is 0 Å². The first-order valence-electron chi connectivity index (χ1n) is 8.64. The maximum Gasteiger partial charge on any atom is 0.0874 e. The third-order valence-corrected chi connectivity index (χ3v) is 5.21. The van der Waals surface area contributed by atoms with E-state index in [9.17, 15) is 0 Å². The fourth-order valence-electron chi connectivity index (χ4n) is 2.52. The summed E-state index contributed by atoms with van der Waals surface area (Å²) in [6, 6.07) is 21.5. The Labute approximate surface area is 151 Å². The van der Waals surface area contributed by atoms with Crippen molar-refractivity contribution in [2.24, 2.45) is 0 Å². The van der Waals surface area contributed by atoms with Crippen molar-refractivity contribution in [1.29, 1.82) is 0 Å². The smallest absolute Gasteiger partial charge is 0.0874 e. The molecule has 0 amide bonds. The third-order valence-electron chi connectivity index (χ3n) is 3.88. The van der Waals surface area contributed by atoms with E-state index in [2.05, 4.69) is 98.4 Å². The first-order chi connectivity index (χ1) is 11.7. The first-order valence-corrected chi connectivity index (χ1v) is 9.51.